The lowest BCUT2D eigenvalue weighted by Gasteiger charge is -2.20. The van der Waals surface area contributed by atoms with Gasteiger partial charge in [0.15, 0.2) is 0 Å². The average molecular weight is 413 g/mol. The number of thioether (sulfide) groups is 1. The van der Waals surface area contributed by atoms with Gasteiger partial charge in [-0.15, -0.1) is 22.0 Å². The van der Waals surface area contributed by atoms with Gasteiger partial charge in [0.2, 0.25) is 5.82 Å². The summed E-state index contributed by atoms with van der Waals surface area (Å²) in [6.07, 6.45) is -4.45. The Morgan fingerprint density at radius 2 is 2.15 bits per heavy atom. The fraction of sp³-hybridized carbons (Fsp3) is 0.200. The molecule has 0 fully saturated rings. The first-order valence-corrected chi connectivity index (χ1v) is 8.62. The molecule has 1 aliphatic heterocycles. The lowest BCUT2D eigenvalue weighted by molar-refractivity contribution is -0.116. The Kier molecular flexibility index (Phi) is 5.29. The monoisotopic (exact) mass is 412 g/mol. The lowest BCUT2D eigenvalue weighted by Crippen LogP contribution is -2.28. The summed E-state index contributed by atoms with van der Waals surface area (Å²) < 4.78 is 39.2. The molecule has 27 heavy (non-hydrogen) atoms. The number of tetrazole rings is 1. The van der Waals surface area contributed by atoms with E-state index in [-0.39, 0.29) is 10.8 Å². The van der Waals surface area contributed by atoms with E-state index in [0.29, 0.717) is 28.0 Å². The van der Waals surface area contributed by atoms with Crippen LogP contribution in [-0.4, -0.2) is 37.8 Å². The van der Waals surface area contributed by atoms with Crippen LogP contribution in [0.2, 0.25) is 5.02 Å². The molecule has 2 aromatic rings. The molecule has 0 radical (unpaired) electrons. The van der Waals surface area contributed by atoms with Crippen LogP contribution >= 0.6 is 23.4 Å². The van der Waals surface area contributed by atoms with Crippen molar-refractivity contribution in [3.8, 4) is 17.5 Å². The number of rotatable bonds is 3. The Morgan fingerprint density at radius 3 is 2.78 bits per heavy atom. The number of nitriles is 1. The maximum Gasteiger partial charge on any atom is 0.414 e. The van der Waals surface area contributed by atoms with Crippen LogP contribution in [0.5, 0.6) is 0 Å². The average Bonchev–Trinajstić information content (AvgIpc) is 3.14. The smallest absolute Gasteiger partial charge is 0.267 e. The van der Waals surface area contributed by atoms with Gasteiger partial charge < -0.3 is 0 Å². The molecule has 1 atom stereocenters. The first kappa shape index (κ1) is 19.1. The molecule has 7 nitrogen and oxygen atoms in total. The Labute approximate surface area is 159 Å². The number of hydrogen-bond donors (Lipinski definition) is 1. The van der Waals surface area contributed by atoms with Crippen LogP contribution in [0.4, 0.5) is 13.2 Å². The van der Waals surface area contributed by atoms with E-state index in [0.717, 1.165) is 11.8 Å². The van der Waals surface area contributed by atoms with E-state index in [9.17, 15) is 18.0 Å². The van der Waals surface area contributed by atoms with Gasteiger partial charge in [-0.25, -0.2) is 4.99 Å². The molecule has 0 aliphatic carbocycles. The number of aliphatic imine (C=N–C) groups is 1. The number of carbonyl (C=O) groups excluding carboxylic acids is 1. The van der Waals surface area contributed by atoms with Crippen LogP contribution in [-0.2, 0) is 10.5 Å². The van der Waals surface area contributed by atoms with Crippen molar-refractivity contribution in [2.75, 3.05) is 0 Å². The van der Waals surface area contributed by atoms with E-state index < -0.39 is 23.6 Å². The van der Waals surface area contributed by atoms with E-state index in [1.54, 1.807) is 24.3 Å². The quantitative estimate of drug-likeness (QED) is 0.828. The van der Waals surface area contributed by atoms with Crippen LogP contribution in [0.25, 0.3) is 11.4 Å². The van der Waals surface area contributed by atoms with Crippen LogP contribution in [0.3, 0.4) is 0 Å². The van der Waals surface area contributed by atoms with Gasteiger partial charge in [0, 0.05) is 22.4 Å². The highest BCUT2D eigenvalue weighted by Crippen LogP contribution is 2.37. The Hall–Kier alpha value is -2.71. The minimum Gasteiger partial charge on any atom is -0.267 e. The number of amides is 1. The number of halogens is 4. The van der Waals surface area contributed by atoms with Crippen molar-refractivity contribution >= 4 is 34.3 Å². The van der Waals surface area contributed by atoms with E-state index in [1.807, 2.05) is 0 Å². The summed E-state index contributed by atoms with van der Waals surface area (Å²) in [7, 11) is 0. The van der Waals surface area contributed by atoms with Gasteiger partial charge in [-0.3, -0.25) is 4.79 Å². The predicted octanol–water partition coefficient (Wildman–Crippen LogP) is 3.32. The largest absolute Gasteiger partial charge is 0.414 e. The molecule has 138 valence electrons. The standard InChI is InChI=1S/C15H8ClF3N6OS/c16-11-2-1-7(13-22-24-25-23-13)3-8(11)6-27-14-9(5-20)10(15(17,18)19)4-12(26)21-14/h1-4,9H,6H2,(H,22,23,24,25). The number of benzene rings is 1. The van der Waals surface area contributed by atoms with Crippen molar-refractivity contribution in [3.63, 3.8) is 0 Å². The second kappa shape index (κ2) is 7.50. The van der Waals surface area contributed by atoms with Crippen LogP contribution in [0.1, 0.15) is 5.56 Å². The molecule has 1 unspecified atom stereocenters. The number of alkyl halides is 3. The highest BCUT2D eigenvalue weighted by atomic mass is 35.5. The number of aromatic nitrogens is 4. The molecule has 1 aromatic heterocycles. The first-order valence-electron chi connectivity index (χ1n) is 7.25. The zero-order valence-electron chi connectivity index (χ0n) is 13.2. The summed E-state index contributed by atoms with van der Waals surface area (Å²) >= 11 is 6.98. The van der Waals surface area contributed by atoms with E-state index in [2.05, 4.69) is 25.6 Å². The molecule has 3 rings (SSSR count). The summed E-state index contributed by atoms with van der Waals surface area (Å²) in [4.78, 5) is 15.1. The molecule has 12 heteroatoms. The Morgan fingerprint density at radius 1 is 1.37 bits per heavy atom. The van der Waals surface area contributed by atoms with E-state index in [4.69, 9.17) is 16.9 Å². The van der Waals surface area contributed by atoms with Crippen LogP contribution in [0.15, 0.2) is 34.8 Å². The minimum atomic E-state index is -4.80. The molecule has 0 bridgehead atoms. The van der Waals surface area contributed by atoms with Crippen molar-refractivity contribution in [2.24, 2.45) is 10.9 Å². The Bertz CT molecular complexity index is 980. The molecule has 1 N–H and O–H groups in total. The summed E-state index contributed by atoms with van der Waals surface area (Å²) in [6, 6.07) is 6.45. The molecule has 0 spiro atoms. The van der Waals surface area contributed by atoms with Crippen molar-refractivity contribution < 1.29 is 18.0 Å². The highest BCUT2D eigenvalue weighted by Gasteiger charge is 2.43. The number of H-pyrrole nitrogens is 1. The molecule has 1 amide bonds. The van der Waals surface area contributed by atoms with Crippen molar-refractivity contribution in [1.29, 1.82) is 5.26 Å². The summed E-state index contributed by atoms with van der Waals surface area (Å²) in [5.41, 5.74) is -0.0730. The minimum absolute atomic E-state index is 0.0972. The van der Waals surface area contributed by atoms with E-state index >= 15 is 0 Å². The number of nitrogens with zero attached hydrogens (tertiary/aromatic N) is 5. The lowest BCUT2D eigenvalue weighted by atomic mass is 9.98. The van der Waals surface area contributed by atoms with Crippen molar-refractivity contribution in [2.45, 2.75) is 11.9 Å². The number of aromatic amines is 1. The molecule has 1 aliphatic rings. The Balaban J connectivity index is 1.83. The van der Waals surface area contributed by atoms with Gasteiger partial charge >= 0.3 is 6.18 Å². The normalized spacial score (nSPS) is 17.3. The second-order valence-corrected chi connectivity index (χ2v) is 6.68. The number of carbonyl (C=O) groups is 1. The third-order valence-electron chi connectivity index (χ3n) is 3.54. The molecule has 0 saturated carbocycles. The van der Waals surface area contributed by atoms with Crippen molar-refractivity contribution in [1.82, 2.24) is 20.6 Å². The number of dihydropyridines is 1. The molecular weight excluding hydrogens is 405 g/mol. The van der Waals surface area contributed by atoms with Crippen LogP contribution in [0, 0.1) is 17.2 Å². The van der Waals surface area contributed by atoms with Gasteiger partial charge in [-0.2, -0.15) is 23.6 Å². The summed E-state index contributed by atoms with van der Waals surface area (Å²) in [5.74, 6) is -2.30. The fourth-order valence-electron chi connectivity index (χ4n) is 2.30. The van der Waals surface area contributed by atoms with Gasteiger partial charge in [-0.05, 0) is 29.0 Å². The molecule has 0 saturated heterocycles. The zero-order valence-corrected chi connectivity index (χ0v) is 14.7. The fourth-order valence-corrected chi connectivity index (χ4v) is 3.61. The van der Waals surface area contributed by atoms with Gasteiger partial charge in [0.1, 0.15) is 5.92 Å². The number of allylic oxidation sites excluding steroid dienone is 1. The maximum absolute atomic E-state index is 13.1. The molecule has 1 aromatic carbocycles. The van der Waals surface area contributed by atoms with Gasteiger partial charge in [0.05, 0.1) is 16.7 Å². The predicted molar refractivity (Wildman–Crippen MR) is 91.6 cm³/mol. The molecule has 2 heterocycles. The van der Waals surface area contributed by atoms with Gasteiger partial charge in [0.25, 0.3) is 5.91 Å². The third-order valence-corrected chi connectivity index (χ3v) is 4.99. The van der Waals surface area contributed by atoms with E-state index in [1.165, 1.54) is 0 Å². The first-order chi connectivity index (χ1) is 12.8. The highest BCUT2D eigenvalue weighted by molar-refractivity contribution is 8.13. The number of nitrogens with one attached hydrogen (secondary N) is 1. The van der Waals surface area contributed by atoms with Crippen LogP contribution < -0.4 is 0 Å². The van der Waals surface area contributed by atoms with Crippen molar-refractivity contribution in [3.05, 3.63) is 40.4 Å². The van der Waals surface area contributed by atoms with Gasteiger partial charge in [-0.1, -0.05) is 11.6 Å². The summed E-state index contributed by atoms with van der Waals surface area (Å²) in [6.45, 7) is 0. The zero-order chi connectivity index (χ0) is 19.6. The topological polar surface area (TPSA) is 108 Å². The molecular formula is C15H8ClF3N6OS. The summed E-state index contributed by atoms with van der Waals surface area (Å²) in [5, 5.41) is 22.7. The number of hydrogen-bond acceptors (Lipinski definition) is 6. The SMILES string of the molecule is N#CC1C(C(F)(F)F)=CC(=O)N=C1SCc1cc(-c2nn[nH]n2)ccc1Cl. The third kappa shape index (κ3) is 4.17. The maximum atomic E-state index is 13.1. The second-order valence-electron chi connectivity index (χ2n) is 5.28.